The third-order valence-electron chi connectivity index (χ3n) is 4.59. The van der Waals surface area contributed by atoms with Crippen molar-refractivity contribution in [1.82, 2.24) is 10.2 Å². The number of carbonyl (C=O) groups is 1. The van der Waals surface area contributed by atoms with Crippen LogP contribution in [-0.4, -0.2) is 47.7 Å². The lowest BCUT2D eigenvalue weighted by atomic mass is 9.90. The van der Waals surface area contributed by atoms with Crippen molar-refractivity contribution in [3.8, 4) is 0 Å². The number of nitrogens with one attached hydrogen (secondary N) is 1. The van der Waals surface area contributed by atoms with E-state index in [-0.39, 0.29) is 0 Å². The van der Waals surface area contributed by atoms with Crippen LogP contribution in [-0.2, 0) is 4.79 Å². The Morgan fingerprint density at radius 2 is 2.16 bits per heavy atom. The maximum atomic E-state index is 11.0. The molecule has 1 saturated heterocycles. The zero-order valence-electron chi connectivity index (χ0n) is 12.3. The molecule has 2 N–H and O–H groups in total. The van der Waals surface area contributed by atoms with Gasteiger partial charge in [0.2, 0.25) is 0 Å². The van der Waals surface area contributed by atoms with Gasteiger partial charge in [-0.1, -0.05) is 6.92 Å². The molecule has 2 rings (SSSR count). The summed E-state index contributed by atoms with van der Waals surface area (Å²) in [5.74, 6) is 0.511. The first-order chi connectivity index (χ1) is 9.10. The highest BCUT2D eigenvalue weighted by Crippen LogP contribution is 2.36. The predicted octanol–water partition coefficient (Wildman–Crippen LogP) is 1.95. The third kappa shape index (κ3) is 4.46. The first-order valence-corrected chi connectivity index (χ1v) is 7.79. The van der Waals surface area contributed by atoms with Crippen molar-refractivity contribution in [3.63, 3.8) is 0 Å². The van der Waals surface area contributed by atoms with E-state index in [2.05, 4.69) is 24.1 Å². The van der Waals surface area contributed by atoms with Gasteiger partial charge in [-0.05, 0) is 51.0 Å². The van der Waals surface area contributed by atoms with E-state index in [1.165, 1.54) is 12.8 Å². The second-order valence-corrected chi connectivity index (χ2v) is 6.38. The zero-order chi connectivity index (χ0) is 13.8. The molecule has 3 unspecified atom stereocenters. The lowest BCUT2D eigenvalue weighted by Gasteiger charge is -2.41. The fourth-order valence-corrected chi connectivity index (χ4v) is 3.34. The maximum Gasteiger partial charge on any atom is 0.303 e. The number of carboxylic acid groups (broad SMARTS) is 1. The molecule has 19 heavy (non-hydrogen) atoms. The van der Waals surface area contributed by atoms with E-state index in [1.807, 2.05) is 0 Å². The summed E-state index contributed by atoms with van der Waals surface area (Å²) in [7, 11) is 0. The Hall–Kier alpha value is -0.610. The SMILES string of the molecule is CCCNC1CC(CC(=O)O)CN(C(C)C2CC2)C1. The molecule has 1 saturated carbocycles. The number of likely N-dealkylation sites (tertiary alicyclic amines) is 1. The predicted molar refractivity (Wildman–Crippen MR) is 76.2 cm³/mol. The largest absolute Gasteiger partial charge is 0.481 e. The Bertz CT molecular complexity index is 305. The van der Waals surface area contributed by atoms with Gasteiger partial charge in [-0.3, -0.25) is 9.69 Å². The third-order valence-corrected chi connectivity index (χ3v) is 4.59. The molecule has 0 aromatic carbocycles. The fraction of sp³-hybridized carbons (Fsp3) is 0.933. The van der Waals surface area contributed by atoms with Crippen LogP contribution in [0.25, 0.3) is 0 Å². The summed E-state index contributed by atoms with van der Waals surface area (Å²) < 4.78 is 0. The van der Waals surface area contributed by atoms with Crippen LogP contribution in [0.4, 0.5) is 0 Å². The summed E-state index contributed by atoms with van der Waals surface area (Å²) in [4.78, 5) is 13.5. The molecule has 1 aliphatic carbocycles. The van der Waals surface area contributed by atoms with Crippen LogP contribution in [0, 0.1) is 11.8 Å². The van der Waals surface area contributed by atoms with E-state index in [9.17, 15) is 4.79 Å². The molecule has 3 atom stereocenters. The van der Waals surface area contributed by atoms with Gasteiger partial charge >= 0.3 is 5.97 Å². The number of aliphatic carboxylic acids is 1. The van der Waals surface area contributed by atoms with Crippen molar-refractivity contribution in [1.29, 1.82) is 0 Å². The number of piperidine rings is 1. The number of hydrogen-bond donors (Lipinski definition) is 2. The van der Waals surface area contributed by atoms with E-state index in [0.29, 0.717) is 24.4 Å². The Balaban J connectivity index is 1.91. The summed E-state index contributed by atoms with van der Waals surface area (Å²) in [6.07, 6.45) is 5.18. The molecule has 0 amide bonds. The van der Waals surface area contributed by atoms with Crippen molar-refractivity contribution >= 4 is 5.97 Å². The van der Waals surface area contributed by atoms with Gasteiger partial charge < -0.3 is 10.4 Å². The number of carboxylic acids is 1. The molecule has 110 valence electrons. The van der Waals surface area contributed by atoms with Crippen LogP contribution in [0.2, 0.25) is 0 Å². The summed E-state index contributed by atoms with van der Waals surface area (Å²) in [6.45, 7) is 7.59. The van der Waals surface area contributed by atoms with Crippen LogP contribution < -0.4 is 5.32 Å². The van der Waals surface area contributed by atoms with Gasteiger partial charge in [-0.25, -0.2) is 0 Å². The molecular formula is C15H28N2O2. The molecule has 0 bridgehead atoms. The summed E-state index contributed by atoms with van der Waals surface area (Å²) in [6, 6.07) is 1.10. The maximum absolute atomic E-state index is 11.0. The number of hydrogen-bond acceptors (Lipinski definition) is 3. The van der Waals surface area contributed by atoms with Crippen LogP contribution in [0.3, 0.4) is 0 Å². The average molecular weight is 268 g/mol. The van der Waals surface area contributed by atoms with Gasteiger partial charge in [0, 0.05) is 31.6 Å². The van der Waals surface area contributed by atoms with E-state index in [1.54, 1.807) is 0 Å². The van der Waals surface area contributed by atoms with Gasteiger partial charge in [-0.2, -0.15) is 0 Å². The topological polar surface area (TPSA) is 52.6 Å². The molecule has 2 aliphatic rings. The quantitative estimate of drug-likeness (QED) is 0.741. The molecule has 1 heterocycles. The Morgan fingerprint density at radius 1 is 1.42 bits per heavy atom. The monoisotopic (exact) mass is 268 g/mol. The van der Waals surface area contributed by atoms with Crippen molar-refractivity contribution < 1.29 is 9.90 Å². The second-order valence-electron chi connectivity index (χ2n) is 6.38. The molecule has 0 aromatic rings. The highest BCUT2D eigenvalue weighted by molar-refractivity contribution is 5.67. The number of nitrogens with zero attached hydrogens (tertiary/aromatic N) is 1. The normalized spacial score (nSPS) is 30.2. The minimum atomic E-state index is -0.653. The molecule has 1 aliphatic heterocycles. The standard InChI is InChI=1S/C15H28N2O2/c1-3-6-16-14-7-12(8-15(18)19)9-17(10-14)11(2)13-4-5-13/h11-14,16H,3-10H2,1-2H3,(H,18,19). The Morgan fingerprint density at radius 3 is 2.74 bits per heavy atom. The van der Waals surface area contributed by atoms with Crippen LogP contribution >= 0.6 is 0 Å². The van der Waals surface area contributed by atoms with Crippen LogP contribution in [0.15, 0.2) is 0 Å². The minimum Gasteiger partial charge on any atom is -0.481 e. The van der Waals surface area contributed by atoms with E-state index < -0.39 is 5.97 Å². The lowest BCUT2D eigenvalue weighted by Crippen LogP contribution is -2.53. The highest BCUT2D eigenvalue weighted by Gasteiger charge is 2.36. The fourth-order valence-electron chi connectivity index (χ4n) is 3.34. The summed E-state index contributed by atoms with van der Waals surface area (Å²) in [5, 5.41) is 12.6. The van der Waals surface area contributed by atoms with Gasteiger partial charge in [-0.15, -0.1) is 0 Å². The first-order valence-electron chi connectivity index (χ1n) is 7.79. The van der Waals surface area contributed by atoms with Gasteiger partial charge in [0.05, 0.1) is 0 Å². The van der Waals surface area contributed by atoms with E-state index in [0.717, 1.165) is 38.4 Å². The average Bonchev–Trinajstić information content (AvgIpc) is 3.18. The summed E-state index contributed by atoms with van der Waals surface area (Å²) in [5.41, 5.74) is 0. The van der Waals surface area contributed by atoms with Gasteiger partial charge in [0.15, 0.2) is 0 Å². The molecule has 0 radical (unpaired) electrons. The Labute approximate surface area is 116 Å². The van der Waals surface area contributed by atoms with Crippen LogP contribution in [0.1, 0.15) is 46.0 Å². The van der Waals surface area contributed by atoms with Crippen molar-refractivity contribution in [3.05, 3.63) is 0 Å². The molecule has 2 fully saturated rings. The minimum absolute atomic E-state index is 0.307. The molecule has 4 heteroatoms. The lowest BCUT2D eigenvalue weighted by molar-refractivity contribution is -0.138. The van der Waals surface area contributed by atoms with Crippen molar-refractivity contribution in [2.24, 2.45) is 11.8 Å². The van der Waals surface area contributed by atoms with E-state index in [4.69, 9.17) is 5.11 Å². The molecule has 0 spiro atoms. The van der Waals surface area contributed by atoms with Crippen molar-refractivity contribution in [2.45, 2.75) is 58.0 Å². The zero-order valence-corrected chi connectivity index (χ0v) is 12.3. The van der Waals surface area contributed by atoms with Gasteiger partial charge in [0.1, 0.15) is 0 Å². The number of rotatable bonds is 7. The Kier molecular flexibility index (Phi) is 5.22. The van der Waals surface area contributed by atoms with Crippen LogP contribution in [0.5, 0.6) is 0 Å². The highest BCUT2D eigenvalue weighted by atomic mass is 16.4. The summed E-state index contributed by atoms with van der Waals surface area (Å²) >= 11 is 0. The second kappa shape index (κ2) is 6.71. The molecule has 0 aromatic heterocycles. The van der Waals surface area contributed by atoms with E-state index >= 15 is 0 Å². The molecular weight excluding hydrogens is 240 g/mol. The van der Waals surface area contributed by atoms with Crippen molar-refractivity contribution in [2.75, 3.05) is 19.6 Å². The first kappa shape index (κ1) is 14.8. The smallest absolute Gasteiger partial charge is 0.303 e. The van der Waals surface area contributed by atoms with Gasteiger partial charge in [0.25, 0.3) is 0 Å². The molecule has 4 nitrogen and oxygen atoms in total.